The smallest absolute Gasteiger partial charge is 0.226 e. The van der Waals surface area contributed by atoms with Crippen molar-refractivity contribution >= 4 is 11.7 Å². The van der Waals surface area contributed by atoms with Gasteiger partial charge in [-0.1, -0.05) is 12.8 Å². The van der Waals surface area contributed by atoms with Gasteiger partial charge < -0.3 is 9.80 Å². The van der Waals surface area contributed by atoms with Crippen molar-refractivity contribution in [2.45, 2.75) is 83.6 Å². The summed E-state index contributed by atoms with van der Waals surface area (Å²) in [6, 6.07) is 0.0792. The van der Waals surface area contributed by atoms with Gasteiger partial charge in [0.25, 0.3) is 0 Å². The molecular formula is C23H34N4O. The molecule has 0 aromatic carbocycles. The zero-order chi connectivity index (χ0) is 19.1. The van der Waals surface area contributed by atoms with Crippen molar-refractivity contribution < 1.29 is 4.79 Å². The molecule has 0 radical (unpaired) electrons. The average molecular weight is 383 g/mol. The summed E-state index contributed by atoms with van der Waals surface area (Å²) in [6.07, 6.45) is 12.9. The summed E-state index contributed by atoms with van der Waals surface area (Å²) in [5.41, 5.74) is 2.49. The summed E-state index contributed by atoms with van der Waals surface area (Å²) >= 11 is 0. The maximum atomic E-state index is 13.2. The largest absolute Gasteiger partial charge is 0.356 e. The van der Waals surface area contributed by atoms with Crippen LogP contribution in [0.5, 0.6) is 0 Å². The van der Waals surface area contributed by atoms with E-state index in [1.807, 2.05) is 0 Å². The molecule has 1 aromatic heterocycles. The molecule has 2 aliphatic heterocycles. The number of rotatable bonds is 4. The number of hydrogen-bond acceptors (Lipinski definition) is 4. The zero-order valence-corrected chi connectivity index (χ0v) is 17.3. The third kappa shape index (κ3) is 3.53. The second-order valence-corrected chi connectivity index (χ2v) is 9.49. The number of carbonyl (C=O) groups is 1. The van der Waals surface area contributed by atoms with Gasteiger partial charge in [0.2, 0.25) is 5.91 Å². The van der Waals surface area contributed by atoms with E-state index in [2.05, 4.69) is 16.7 Å². The molecule has 1 unspecified atom stereocenters. The summed E-state index contributed by atoms with van der Waals surface area (Å²) < 4.78 is 0. The molecule has 3 fully saturated rings. The second kappa shape index (κ2) is 7.64. The Bertz CT molecular complexity index is 738. The van der Waals surface area contributed by atoms with Crippen LogP contribution < -0.4 is 4.90 Å². The highest BCUT2D eigenvalue weighted by Crippen LogP contribution is 2.38. The number of hydrogen-bond donors (Lipinski definition) is 0. The second-order valence-electron chi connectivity index (χ2n) is 9.49. The van der Waals surface area contributed by atoms with Crippen molar-refractivity contribution in [3.05, 3.63) is 17.1 Å². The SMILES string of the molecule is Cc1nc(C2CCCCN2C(=O)C2CCCC2)nc2c1CCCN2CC1CC1. The zero-order valence-electron chi connectivity index (χ0n) is 17.3. The fourth-order valence-electron chi connectivity index (χ4n) is 5.52. The van der Waals surface area contributed by atoms with Gasteiger partial charge in [-0.25, -0.2) is 9.97 Å². The van der Waals surface area contributed by atoms with Crippen LogP contribution in [0.2, 0.25) is 0 Å². The Morgan fingerprint density at radius 2 is 1.75 bits per heavy atom. The van der Waals surface area contributed by atoms with Crippen molar-refractivity contribution in [2.75, 3.05) is 24.5 Å². The fraction of sp³-hybridized carbons (Fsp3) is 0.783. The molecule has 5 rings (SSSR count). The molecule has 5 nitrogen and oxygen atoms in total. The molecule has 5 heteroatoms. The summed E-state index contributed by atoms with van der Waals surface area (Å²) in [7, 11) is 0. The first-order valence-electron chi connectivity index (χ1n) is 11.6. The summed E-state index contributed by atoms with van der Waals surface area (Å²) in [5.74, 6) is 3.56. The maximum Gasteiger partial charge on any atom is 0.226 e. The van der Waals surface area contributed by atoms with E-state index in [4.69, 9.17) is 9.97 Å². The Hall–Kier alpha value is -1.65. The van der Waals surface area contributed by atoms with E-state index < -0.39 is 0 Å². The van der Waals surface area contributed by atoms with Crippen LogP contribution in [-0.4, -0.2) is 40.4 Å². The normalized spacial score (nSPS) is 25.8. The lowest BCUT2D eigenvalue weighted by Gasteiger charge is -2.38. The molecule has 2 aliphatic carbocycles. The number of likely N-dealkylation sites (tertiary alicyclic amines) is 1. The average Bonchev–Trinajstić information content (AvgIpc) is 3.36. The number of amides is 1. The van der Waals surface area contributed by atoms with Gasteiger partial charge in [-0.3, -0.25) is 4.79 Å². The molecule has 0 N–H and O–H groups in total. The lowest BCUT2D eigenvalue weighted by molar-refractivity contribution is -0.139. The summed E-state index contributed by atoms with van der Waals surface area (Å²) in [6.45, 7) is 5.30. The van der Waals surface area contributed by atoms with Crippen molar-refractivity contribution in [1.29, 1.82) is 0 Å². The number of anilines is 1. The number of nitrogens with zero attached hydrogens (tertiary/aromatic N) is 4. The lowest BCUT2D eigenvalue weighted by atomic mass is 9.97. The molecule has 1 aromatic rings. The predicted molar refractivity (Wildman–Crippen MR) is 110 cm³/mol. The van der Waals surface area contributed by atoms with E-state index >= 15 is 0 Å². The molecule has 1 amide bonds. The molecule has 4 aliphatic rings. The molecule has 3 heterocycles. The monoisotopic (exact) mass is 382 g/mol. The summed E-state index contributed by atoms with van der Waals surface area (Å²) in [5, 5.41) is 0. The Kier molecular flexibility index (Phi) is 5.02. The molecule has 1 atom stereocenters. The summed E-state index contributed by atoms with van der Waals surface area (Å²) in [4.78, 5) is 28.0. The van der Waals surface area contributed by atoms with Gasteiger partial charge in [0, 0.05) is 36.8 Å². The number of fused-ring (bicyclic) bond motifs is 1. The van der Waals surface area contributed by atoms with Gasteiger partial charge in [0.1, 0.15) is 5.82 Å². The number of aromatic nitrogens is 2. The van der Waals surface area contributed by atoms with Crippen LogP contribution in [0, 0.1) is 18.8 Å². The van der Waals surface area contributed by atoms with Crippen LogP contribution in [0.1, 0.15) is 87.3 Å². The van der Waals surface area contributed by atoms with Gasteiger partial charge in [-0.15, -0.1) is 0 Å². The van der Waals surface area contributed by atoms with Gasteiger partial charge in [0.15, 0.2) is 5.82 Å². The molecule has 28 heavy (non-hydrogen) atoms. The maximum absolute atomic E-state index is 13.2. The Balaban J connectivity index is 1.45. The standard InChI is InChI=1S/C23H34N4O/c1-16-19-9-6-13-26(15-17-11-12-17)22(19)25-21(24-16)20-10-4-5-14-27(20)23(28)18-7-2-3-8-18/h17-18,20H,2-15H2,1H3. The van der Waals surface area contributed by atoms with E-state index in [1.54, 1.807) is 0 Å². The number of carbonyl (C=O) groups excluding carboxylic acids is 1. The van der Waals surface area contributed by atoms with Crippen LogP contribution in [-0.2, 0) is 11.2 Å². The molecule has 0 spiro atoms. The lowest BCUT2D eigenvalue weighted by Crippen LogP contribution is -2.42. The molecule has 152 valence electrons. The third-order valence-corrected chi connectivity index (χ3v) is 7.33. The minimum Gasteiger partial charge on any atom is -0.356 e. The van der Waals surface area contributed by atoms with Crippen LogP contribution >= 0.6 is 0 Å². The minimum atomic E-state index is 0.0792. The van der Waals surface area contributed by atoms with Crippen molar-refractivity contribution in [3.8, 4) is 0 Å². The van der Waals surface area contributed by atoms with Crippen molar-refractivity contribution in [1.82, 2.24) is 14.9 Å². The highest BCUT2D eigenvalue weighted by atomic mass is 16.2. The van der Waals surface area contributed by atoms with E-state index in [0.29, 0.717) is 5.91 Å². The molecular weight excluding hydrogens is 348 g/mol. The van der Waals surface area contributed by atoms with E-state index in [-0.39, 0.29) is 12.0 Å². The van der Waals surface area contributed by atoms with Crippen molar-refractivity contribution in [3.63, 3.8) is 0 Å². The van der Waals surface area contributed by atoms with Gasteiger partial charge >= 0.3 is 0 Å². The Morgan fingerprint density at radius 3 is 2.54 bits per heavy atom. The molecule has 1 saturated heterocycles. The van der Waals surface area contributed by atoms with Gasteiger partial charge in [-0.2, -0.15) is 0 Å². The van der Waals surface area contributed by atoms with Crippen LogP contribution in [0.3, 0.4) is 0 Å². The van der Waals surface area contributed by atoms with Gasteiger partial charge in [0.05, 0.1) is 6.04 Å². The van der Waals surface area contributed by atoms with E-state index in [1.165, 1.54) is 49.9 Å². The third-order valence-electron chi connectivity index (χ3n) is 7.33. The van der Waals surface area contributed by atoms with Gasteiger partial charge in [-0.05, 0) is 70.6 Å². The first kappa shape index (κ1) is 18.4. The van der Waals surface area contributed by atoms with E-state index in [0.717, 1.165) is 69.2 Å². The van der Waals surface area contributed by atoms with E-state index in [9.17, 15) is 4.79 Å². The molecule has 0 bridgehead atoms. The predicted octanol–water partition coefficient (Wildman–Crippen LogP) is 4.19. The topological polar surface area (TPSA) is 49.3 Å². The van der Waals surface area contributed by atoms with Crippen LogP contribution in [0.15, 0.2) is 0 Å². The fourth-order valence-corrected chi connectivity index (χ4v) is 5.52. The number of aryl methyl sites for hydroxylation is 1. The van der Waals surface area contributed by atoms with Crippen LogP contribution in [0.25, 0.3) is 0 Å². The highest BCUT2D eigenvalue weighted by molar-refractivity contribution is 5.79. The van der Waals surface area contributed by atoms with Crippen LogP contribution in [0.4, 0.5) is 5.82 Å². The minimum absolute atomic E-state index is 0.0792. The first-order valence-corrected chi connectivity index (χ1v) is 11.6. The Morgan fingerprint density at radius 1 is 0.964 bits per heavy atom. The Labute approximate surface area is 168 Å². The molecule has 2 saturated carbocycles. The van der Waals surface area contributed by atoms with Crippen molar-refractivity contribution in [2.24, 2.45) is 11.8 Å². The number of piperidine rings is 1. The highest BCUT2D eigenvalue weighted by Gasteiger charge is 2.36. The first-order chi connectivity index (χ1) is 13.7. The quantitative estimate of drug-likeness (QED) is 0.783.